The summed E-state index contributed by atoms with van der Waals surface area (Å²) >= 11 is 0. The van der Waals surface area contributed by atoms with Gasteiger partial charge in [-0.05, 0) is 26.3 Å². The zero-order valence-electron chi connectivity index (χ0n) is 16.1. The van der Waals surface area contributed by atoms with Crippen LogP contribution in [0, 0.1) is 6.92 Å². The first-order valence-corrected chi connectivity index (χ1v) is 9.01. The van der Waals surface area contributed by atoms with Crippen LogP contribution in [0.2, 0.25) is 0 Å². The van der Waals surface area contributed by atoms with E-state index >= 15 is 0 Å². The van der Waals surface area contributed by atoms with E-state index < -0.39 is 6.04 Å². The average Bonchev–Trinajstić information content (AvgIpc) is 3.03. The molecule has 140 valence electrons. The Morgan fingerprint density at radius 1 is 1.15 bits per heavy atom. The molecular weight excluding hydrogens is 330 g/mol. The van der Waals surface area contributed by atoms with E-state index in [0.29, 0.717) is 30.1 Å². The van der Waals surface area contributed by atoms with Gasteiger partial charge >= 0.3 is 0 Å². The van der Waals surface area contributed by atoms with E-state index in [1.54, 1.807) is 11.8 Å². The molecule has 0 bridgehead atoms. The van der Waals surface area contributed by atoms with Gasteiger partial charge in [0.1, 0.15) is 11.6 Å². The second kappa shape index (κ2) is 8.65. The molecule has 0 saturated heterocycles. The SMILES string of the molecule is CCN(CC)C(=O)C(NC(=O)c1c(C)noc1C(C)C)c1ccccc1. The topological polar surface area (TPSA) is 75.4 Å². The molecule has 1 aromatic heterocycles. The number of aryl methyl sites for hydroxylation is 1. The Hall–Kier alpha value is -2.63. The number of carbonyl (C=O) groups is 2. The number of benzene rings is 1. The first kappa shape index (κ1) is 19.7. The molecular formula is C20H27N3O3. The number of aromatic nitrogens is 1. The van der Waals surface area contributed by atoms with E-state index in [0.717, 1.165) is 5.56 Å². The van der Waals surface area contributed by atoms with Gasteiger partial charge in [0.25, 0.3) is 5.91 Å². The monoisotopic (exact) mass is 357 g/mol. The van der Waals surface area contributed by atoms with Gasteiger partial charge < -0.3 is 14.7 Å². The van der Waals surface area contributed by atoms with Crippen LogP contribution in [-0.4, -0.2) is 35.0 Å². The highest BCUT2D eigenvalue weighted by molar-refractivity contribution is 5.99. The van der Waals surface area contributed by atoms with Crippen LogP contribution in [0.5, 0.6) is 0 Å². The third-order valence-corrected chi connectivity index (χ3v) is 4.37. The van der Waals surface area contributed by atoms with Crippen LogP contribution in [0.3, 0.4) is 0 Å². The molecule has 0 spiro atoms. The second-order valence-corrected chi connectivity index (χ2v) is 6.49. The van der Waals surface area contributed by atoms with E-state index in [1.165, 1.54) is 0 Å². The van der Waals surface area contributed by atoms with Crippen molar-refractivity contribution in [3.63, 3.8) is 0 Å². The summed E-state index contributed by atoms with van der Waals surface area (Å²) in [6.07, 6.45) is 0. The van der Waals surface area contributed by atoms with Crippen molar-refractivity contribution in [2.24, 2.45) is 0 Å². The molecule has 0 aliphatic heterocycles. The molecule has 0 fully saturated rings. The number of hydrogen-bond acceptors (Lipinski definition) is 4. The molecule has 6 nitrogen and oxygen atoms in total. The maximum absolute atomic E-state index is 13.0. The minimum Gasteiger partial charge on any atom is -0.360 e. The minimum atomic E-state index is -0.752. The molecule has 26 heavy (non-hydrogen) atoms. The molecule has 1 aromatic carbocycles. The second-order valence-electron chi connectivity index (χ2n) is 6.49. The highest BCUT2D eigenvalue weighted by Crippen LogP contribution is 2.24. The molecule has 1 N–H and O–H groups in total. The Kier molecular flexibility index (Phi) is 6.55. The number of likely N-dealkylation sites (N-methyl/N-ethyl adjacent to an activating group) is 1. The van der Waals surface area contributed by atoms with Crippen LogP contribution in [0.4, 0.5) is 0 Å². The van der Waals surface area contributed by atoms with E-state index in [1.807, 2.05) is 58.0 Å². The molecule has 1 unspecified atom stereocenters. The predicted molar refractivity (Wildman–Crippen MR) is 99.9 cm³/mol. The lowest BCUT2D eigenvalue weighted by molar-refractivity contribution is -0.133. The smallest absolute Gasteiger partial charge is 0.257 e. The average molecular weight is 357 g/mol. The van der Waals surface area contributed by atoms with Gasteiger partial charge in [-0.2, -0.15) is 0 Å². The number of carbonyl (C=O) groups excluding carboxylic acids is 2. The summed E-state index contributed by atoms with van der Waals surface area (Å²) in [6, 6.07) is 8.53. The van der Waals surface area contributed by atoms with Gasteiger partial charge in [-0.25, -0.2) is 0 Å². The largest absolute Gasteiger partial charge is 0.360 e. The Bertz CT molecular complexity index is 749. The Morgan fingerprint density at radius 2 is 1.77 bits per heavy atom. The van der Waals surface area contributed by atoms with Crippen LogP contribution in [0.15, 0.2) is 34.9 Å². The lowest BCUT2D eigenvalue weighted by Gasteiger charge is -2.26. The van der Waals surface area contributed by atoms with Crippen molar-refractivity contribution in [1.82, 2.24) is 15.4 Å². The molecule has 2 aromatic rings. The van der Waals surface area contributed by atoms with Crippen molar-refractivity contribution in [1.29, 1.82) is 0 Å². The number of nitrogens with one attached hydrogen (secondary N) is 1. The van der Waals surface area contributed by atoms with E-state index in [2.05, 4.69) is 10.5 Å². The van der Waals surface area contributed by atoms with E-state index in [-0.39, 0.29) is 17.7 Å². The Labute approximate surface area is 154 Å². The predicted octanol–water partition coefficient (Wildman–Crippen LogP) is 3.45. The summed E-state index contributed by atoms with van der Waals surface area (Å²) in [6.45, 7) is 10.6. The lowest BCUT2D eigenvalue weighted by atomic mass is 10.0. The van der Waals surface area contributed by atoms with Gasteiger partial charge in [0, 0.05) is 19.0 Å². The van der Waals surface area contributed by atoms with Crippen LogP contribution < -0.4 is 5.32 Å². The molecule has 2 rings (SSSR count). The molecule has 0 radical (unpaired) electrons. The normalized spacial score (nSPS) is 12.1. The van der Waals surface area contributed by atoms with Crippen molar-refractivity contribution in [3.05, 3.63) is 52.9 Å². The molecule has 0 saturated carbocycles. The zero-order valence-corrected chi connectivity index (χ0v) is 16.1. The molecule has 0 aliphatic rings. The van der Waals surface area contributed by atoms with Crippen molar-refractivity contribution in [2.45, 2.75) is 46.6 Å². The number of hydrogen-bond donors (Lipinski definition) is 1. The van der Waals surface area contributed by atoms with Crippen molar-refractivity contribution < 1.29 is 14.1 Å². The Morgan fingerprint density at radius 3 is 2.31 bits per heavy atom. The molecule has 0 aliphatic carbocycles. The number of rotatable bonds is 7. The van der Waals surface area contributed by atoms with Crippen molar-refractivity contribution in [2.75, 3.05) is 13.1 Å². The summed E-state index contributed by atoms with van der Waals surface area (Å²) in [7, 11) is 0. The van der Waals surface area contributed by atoms with Gasteiger partial charge in [-0.15, -0.1) is 0 Å². The van der Waals surface area contributed by atoms with Gasteiger partial charge in [-0.3, -0.25) is 9.59 Å². The minimum absolute atomic E-state index is 0.0191. The highest BCUT2D eigenvalue weighted by atomic mass is 16.5. The summed E-state index contributed by atoms with van der Waals surface area (Å²) in [5.41, 5.74) is 1.68. The van der Waals surface area contributed by atoms with Crippen LogP contribution in [0.25, 0.3) is 0 Å². The van der Waals surface area contributed by atoms with Crippen LogP contribution in [0.1, 0.15) is 67.0 Å². The van der Waals surface area contributed by atoms with Crippen LogP contribution in [-0.2, 0) is 4.79 Å². The standard InChI is InChI=1S/C20H27N3O3/c1-6-23(7-2)20(25)17(15-11-9-8-10-12-15)21-19(24)16-14(5)22-26-18(16)13(3)4/h8-13,17H,6-7H2,1-5H3,(H,21,24). The summed E-state index contributed by atoms with van der Waals surface area (Å²) in [4.78, 5) is 27.7. The van der Waals surface area contributed by atoms with E-state index in [9.17, 15) is 9.59 Å². The zero-order chi connectivity index (χ0) is 19.3. The molecule has 1 heterocycles. The number of nitrogens with zero attached hydrogens (tertiary/aromatic N) is 2. The summed E-state index contributed by atoms with van der Waals surface area (Å²) in [5.74, 6) is 0.0734. The number of amides is 2. The maximum Gasteiger partial charge on any atom is 0.257 e. The van der Waals surface area contributed by atoms with Crippen molar-refractivity contribution in [3.8, 4) is 0 Å². The molecule has 1 atom stereocenters. The highest BCUT2D eigenvalue weighted by Gasteiger charge is 2.30. The van der Waals surface area contributed by atoms with Gasteiger partial charge in [0.05, 0.1) is 5.69 Å². The summed E-state index contributed by atoms with van der Waals surface area (Å²) < 4.78 is 5.31. The summed E-state index contributed by atoms with van der Waals surface area (Å²) in [5, 5.41) is 6.81. The van der Waals surface area contributed by atoms with Crippen LogP contribution >= 0.6 is 0 Å². The fourth-order valence-electron chi connectivity index (χ4n) is 2.91. The first-order chi connectivity index (χ1) is 12.4. The molecule has 2 amide bonds. The molecule has 6 heteroatoms. The van der Waals surface area contributed by atoms with Gasteiger partial charge in [0.2, 0.25) is 5.91 Å². The first-order valence-electron chi connectivity index (χ1n) is 9.01. The quantitative estimate of drug-likeness (QED) is 0.823. The maximum atomic E-state index is 13.0. The lowest BCUT2D eigenvalue weighted by Crippen LogP contribution is -2.43. The van der Waals surface area contributed by atoms with Gasteiger partial charge in [-0.1, -0.05) is 49.3 Å². The fraction of sp³-hybridized carbons (Fsp3) is 0.450. The van der Waals surface area contributed by atoms with Gasteiger partial charge in [0.15, 0.2) is 5.76 Å². The Balaban J connectivity index is 2.37. The third-order valence-electron chi connectivity index (χ3n) is 4.37. The van der Waals surface area contributed by atoms with Crippen molar-refractivity contribution >= 4 is 11.8 Å². The fourth-order valence-corrected chi connectivity index (χ4v) is 2.91. The van der Waals surface area contributed by atoms with E-state index in [4.69, 9.17) is 4.52 Å². The third kappa shape index (κ3) is 4.12.